The number of aryl methyl sites for hydroxylation is 1. The molecule has 1 unspecified atom stereocenters. The molecule has 0 spiro atoms. The molecule has 0 aliphatic carbocycles. The van der Waals surface area contributed by atoms with Gasteiger partial charge in [-0.3, -0.25) is 4.90 Å². The van der Waals surface area contributed by atoms with Crippen LogP contribution in [0.3, 0.4) is 0 Å². The van der Waals surface area contributed by atoms with Crippen molar-refractivity contribution in [1.29, 1.82) is 0 Å². The highest BCUT2D eigenvalue weighted by atomic mass is 15.2. The predicted molar refractivity (Wildman–Crippen MR) is 87.0 cm³/mol. The zero-order chi connectivity index (χ0) is 14.6. The third-order valence-corrected chi connectivity index (χ3v) is 4.37. The van der Waals surface area contributed by atoms with Crippen molar-refractivity contribution in [2.24, 2.45) is 0 Å². The number of benzene rings is 1. The zero-order valence-corrected chi connectivity index (χ0v) is 13.6. The Balaban J connectivity index is 2.05. The Bertz CT molecular complexity index is 408. The van der Waals surface area contributed by atoms with E-state index in [-0.39, 0.29) is 5.54 Å². The van der Waals surface area contributed by atoms with Crippen LogP contribution in [0.1, 0.15) is 51.7 Å². The van der Waals surface area contributed by atoms with E-state index >= 15 is 0 Å². The largest absolute Gasteiger partial charge is 0.309 e. The minimum Gasteiger partial charge on any atom is -0.309 e. The fourth-order valence-corrected chi connectivity index (χ4v) is 3.13. The summed E-state index contributed by atoms with van der Waals surface area (Å²) < 4.78 is 0. The number of hydrogen-bond acceptors (Lipinski definition) is 2. The summed E-state index contributed by atoms with van der Waals surface area (Å²) in [6.45, 7) is 12.4. The molecule has 2 nitrogen and oxygen atoms in total. The number of hydrogen-bond donors (Lipinski definition) is 1. The molecule has 1 aliphatic rings. The van der Waals surface area contributed by atoms with E-state index in [1.807, 2.05) is 0 Å². The molecule has 0 amide bonds. The van der Waals surface area contributed by atoms with E-state index in [1.54, 1.807) is 0 Å². The van der Waals surface area contributed by atoms with Gasteiger partial charge >= 0.3 is 0 Å². The monoisotopic (exact) mass is 274 g/mol. The number of piperazine rings is 1. The maximum atomic E-state index is 3.69. The summed E-state index contributed by atoms with van der Waals surface area (Å²) in [4.78, 5) is 2.67. The summed E-state index contributed by atoms with van der Waals surface area (Å²) in [7, 11) is 0. The van der Waals surface area contributed by atoms with Crippen molar-refractivity contribution in [2.75, 3.05) is 13.1 Å². The predicted octanol–water partition coefficient (Wildman–Crippen LogP) is 3.60. The van der Waals surface area contributed by atoms with E-state index in [2.05, 4.69) is 62.2 Å². The summed E-state index contributed by atoms with van der Waals surface area (Å²) in [6.07, 6.45) is 3.67. The van der Waals surface area contributed by atoms with Gasteiger partial charge in [0.25, 0.3) is 0 Å². The van der Waals surface area contributed by atoms with E-state index in [0.717, 1.165) is 26.1 Å². The summed E-state index contributed by atoms with van der Waals surface area (Å²) in [5.74, 6) is 0. The first-order chi connectivity index (χ1) is 9.54. The normalized spacial score (nSPS) is 22.9. The minimum atomic E-state index is 0.230. The van der Waals surface area contributed by atoms with E-state index in [4.69, 9.17) is 0 Å². The lowest BCUT2D eigenvalue weighted by molar-refractivity contribution is 0.0827. The lowest BCUT2D eigenvalue weighted by Gasteiger charge is -2.44. The van der Waals surface area contributed by atoms with E-state index in [1.165, 1.54) is 24.0 Å². The Morgan fingerprint density at radius 2 is 1.80 bits per heavy atom. The molecule has 1 aromatic rings. The molecule has 0 radical (unpaired) electrons. The van der Waals surface area contributed by atoms with Crippen LogP contribution >= 0.6 is 0 Å². The van der Waals surface area contributed by atoms with Gasteiger partial charge in [0, 0.05) is 31.2 Å². The first-order valence-corrected chi connectivity index (χ1v) is 8.11. The second kappa shape index (κ2) is 6.73. The van der Waals surface area contributed by atoms with Gasteiger partial charge in [-0.05, 0) is 37.8 Å². The third-order valence-electron chi connectivity index (χ3n) is 4.37. The zero-order valence-electron chi connectivity index (χ0n) is 13.6. The van der Waals surface area contributed by atoms with Gasteiger partial charge in [-0.2, -0.15) is 0 Å². The van der Waals surface area contributed by atoms with Crippen LogP contribution in [0, 0.1) is 0 Å². The number of nitrogens with one attached hydrogen (secondary N) is 1. The second-order valence-corrected chi connectivity index (χ2v) is 6.78. The molecule has 1 heterocycles. The Morgan fingerprint density at radius 1 is 1.15 bits per heavy atom. The van der Waals surface area contributed by atoms with Gasteiger partial charge in [0.15, 0.2) is 0 Å². The van der Waals surface area contributed by atoms with Gasteiger partial charge in [0.05, 0.1) is 0 Å². The molecule has 1 N–H and O–H groups in total. The van der Waals surface area contributed by atoms with Crippen LogP contribution < -0.4 is 5.32 Å². The quantitative estimate of drug-likeness (QED) is 0.882. The lowest BCUT2D eigenvalue weighted by atomic mass is 9.96. The molecule has 20 heavy (non-hydrogen) atoms. The van der Waals surface area contributed by atoms with Gasteiger partial charge in [0.2, 0.25) is 0 Å². The maximum Gasteiger partial charge on any atom is 0.0253 e. The second-order valence-electron chi connectivity index (χ2n) is 6.78. The van der Waals surface area contributed by atoms with Gasteiger partial charge in [-0.1, -0.05) is 44.5 Å². The van der Waals surface area contributed by atoms with Crippen molar-refractivity contribution in [2.45, 2.75) is 65.1 Å². The van der Waals surface area contributed by atoms with Gasteiger partial charge in [-0.25, -0.2) is 0 Å². The number of nitrogens with zero attached hydrogens (tertiary/aromatic N) is 1. The Labute approximate surface area is 124 Å². The highest BCUT2D eigenvalue weighted by Crippen LogP contribution is 2.21. The van der Waals surface area contributed by atoms with Crippen LogP contribution in [-0.4, -0.2) is 29.6 Å². The summed E-state index contributed by atoms with van der Waals surface area (Å²) in [6, 6.07) is 9.84. The van der Waals surface area contributed by atoms with Crippen LogP contribution in [0.15, 0.2) is 24.3 Å². The molecular weight excluding hydrogens is 244 g/mol. The topological polar surface area (TPSA) is 15.3 Å². The lowest BCUT2D eigenvalue weighted by Crippen LogP contribution is -2.61. The van der Waals surface area contributed by atoms with Crippen LogP contribution in [0.25, 0.3) is 0 Å². The van der Waals surface area contributed by atoms with Gasteiger partial charge < -0.3 is 5.32 Å². The third kappa shape index (κ3) is 4.07. The highest BCUT2D eigenvalue weighted by molar-refractivity contribution is 5.22. The van der Waals surface area contributed by atoms with Crippen LogP contribution in [0.4, 0.5) is 0 Å². The Morgan fingerprint density at radius 3 is 2.40 bits per heavy atom. The smallest absolute Gasteiger partial charge is 0.0253 e. The molecule has 1 aliphatic heterocycles. The van der Waals surface area contributed by atoms with Crippen LogP contribution in [0.5, 0.6) is 0 Å². The molecule has 0 saturated carbocycles. The maximum absolute atomic E-state index is 3.69. The molecule has 1 atom stereocenters. The van der Waals surface area contributed by atoms with Crippen molar-refractivity contribution < 1.29 is 0 Å². The molecule has 2 rings (SSSR count). The molecule has 2 heteroatoms. The SMILES string of the molecule is CCCC1CNC(C)(C)CN1Cc1ccc(CC)cc1. The molecule has 0 aromatic heterocycles. The van der Waals surface area contributed by atoms with Crippen molar-refractivity contribution >= 4 is 0 Å². The fourth-order valence-electron chi connectivity index (χ4n) is 3.13. The molecule has 112 valence electrons. The van der Waals surface area contributed by atoms with Crippen LogP contribution in [-0.2, 0) is 13.0 Å². The Kier molecular flexibility index (Phi) is 5.22. The molecular formula is C18H30N2. The summed E-state index contributed by atoms with van der Waals surface area (Å²) in [5.41, 5.74) is 3.11. The first-order valence-electron chi connectivity index (χ1n) is 8.11. The average molecular weight is 274 g/mol. The Hall–Kier alpha value is -0.860. The summed E-state index contributed by atoms with van der Waals surface area (Å²) >= 11 is 0. The van der Waals surface area contributed by atoms with Crippen molar-refractivity contribution in [3.63, 3.8) is 0 Å². The molecule has 0 bridgehead atoms. The van der Waals surface area contributed by atoms with Crippen LogP contribution in [0.2, 0.25) is 0 Å². The standard InChI is InChI=1S/C18H30N2/c1-5-7-17-12-19-18(3,4)14-20(17)13-16-10-8-15(6-2)9-11-16/h8-11,17,19H,5-7,12-14H2,1-4H3. The van der Waals surface area contributed by atoms with E-state index in [0.29, 0.717) is 6.04 Å². The van der Waals surface area contributed by atoms with Gasteiger partial charge in [0.1, 0.15) is 0 Å². The minimum absolute atomic E-state index is 0.230. The van der Waals surface area contributed by atoms with Crippen molar-refractivity contribution in [1.82, 2.24) is 10.2 Å². The molecule has 1 saturated heterocycles. The van der Waals surface area contributed by atoms with E-state index < -0.39 is 0 Å². The van der Waals surface area contributed by atoms with Crippen molar-refractivity contribution in [3.8, 4) is 0 Å². The molecule has 1 aromatic carbocycles. The molecule has 1 fully saturated rings. The fraction of sp³-hybridized carbons (Fsp3) is 0.667. The first kappa shape index (κ1) is 15.5. The highest BCUT2D eigenvalue weighted by Gasteiger charge is 2.31. The summed E-state index contributed by atoms with van der Waals surface area (Å²) in [5, 5.41) is 3.69. The average Bonchev–Trinajstić information content (AvgIpc) is 2.42. The van der Waals surface area contributed by atoms with Gasteiger partial charge in [-0.15, -0.1) is 0 Å². The number of rotatable bonds is 5. The van der Waals surface area contributed by atoms with E-state index in [9.17, 15) is 0 Å². The van der Waals surface area contributed by atoms with Crippen molar-refractivity contribution in [3.05, 3.63) is 35.4 Å².